The van der Waals surface area contributed by atoms with Crippen molar-refractivity contribution >= 4 is 6.09 Å². The van der Waals surface area contributed by atoms with Gasteiger partial charge in [0.2, 0.25) is 0 Å². The summed E-state index contributed by atoms with van der Waals surface area (Å²) in [6, 6.07) is 9.88. The van der Waals surface area contributed by atoms with E-state index in [2.05, 4.69) is 15.3 Å². The van der Waals surface area contributed by atoms with Crippen molar-refractivity contribution in [3.63, 3.8) is 0 Å². The highest BCUT2D eigenvalue weighted by atomic mass is 16.6. The lowest BCUT2D eigenvalue weighted by Crippen LogP contribution is -2.26. The first-order chi connectivity index (χ1) is 8.29. The number of ether oxygens (including phenoxy) is 1. The minimum atomic E-state index is -0.513. The van der Waals surface area contributed by atoms with Crippen molar-refractivity contribution in [2.45, 2.75) is 6.92 Å². The van der Waals surface area contributed by atoms with Gasteiger partial charge < -0.3 is 15.0 Å². The van der Waals surface area contributed by atoms with Gasteiger partial charge in [0.25, 0.3) is 0 Å². The van der Waals surface area contributed by atoms with Gasteiger partial charge in [-0.1, -0.05) is 30.3 Å². The Labute approximate surface area is 98.8 Å². The molecule has 1 aromatic carbocycles. The summed E-state index contributed by atoms with van der Waals surface area (Å²) in [5.74, 6) is 0. The van der Waals surface area contributed by atoms with E-state index in [-0.39, 0.29) is 6.01 Å². The fraction of sp³-hybridized carbons (Fsp3) is 0.167. The average molecular weight is 231 g/mol. The number of benzene rings is 1. The number of hydrogen-bond donors (Lipinski definition) is 2. The van der Waals surface area contributed by atoms with Crippen LogP contribution >= 0.6 is 0 Å². The number of aromatic amines is 1. The van der Waals surface area contributed by atoms with Crippen molar-refractivity contribution in [2.24, 2.45) is 0 Å². The van der Waals surface area contributed by atoms with Crippen LogP contribution in [-0.2, 0) is 0 Å². The van der Waals surface area contributed by atoms with Crippen molar-refractivity contribution in [3.05, 3.63) is 36.5 Å². The van der Waals surface area contributed by atoms with E-state index in [4.69, 9.17) is 4.74 Å². The maximum Gasteiger partial charge on any atom is 0.415 e. The summed E-state index contributed by atoms with van der Waals surface area (Å²) in [5, 5.41) is 2.52. The molecule has 5 heteroatoms. The molecule has 0 aliphatic carbocycles. The molecule has 0 spiro atoms. The van der Waals surface area contributed by atoms with E-state index in [1.54, 1.807) is 6.20 Å². The highest BCUT2D eigenvalue weighted by Crippen LogP contribution is 2.18. The molecule has 0 radical (unpaired) electrons. The maximum absolute atomic E-state index is 11.2. The van der Waals surface area contributed by atoms with E-state index in [0.29, 0.717) is 6.54 Å². The van der Waals surface area contributed by atoms with Crippen molar-refractivity contribution in [1.82, 2.24) is 15.3 Å². The second-order valence-electron chi connectivity index (χ2n) is 3.39. The molecule has 0 fully saturated rings. The second kappa shape index (κ2) is 5.16. The lowest BCUT2D eigenvalue weighted by Gasteiger charge is -2.00. The third-order valence-corrected chi connectivity index (χ3v) is 2.15. The van der Waals surface area contributed by atoms with Gasteiger partial charge >= 0.3 is 12.1 Å². The van der Waals surface area contributed by atoms with Gasteiger partial charge in [0.1, 0.15) is 0 Å². The molecule has 1 aromatic heterocycles. The average Bonchev–Trinajstić information content (AvgIpc) is 2.79. The van der Waals surface area contributed by atoms with Crippen LogP contribution in [0.25, 0.3) is 11.3 Å². The summed E-state index contributed by atoms with van der Waals surface area (Å²) in [5.41, 5.74) is 1.80. The largest absolute Gasteiger partial charge is 0.415 e. The molecule has 1 heterocycles. The van der Waals surface area contributed by atoms with Crippen molar-refractivity contribution in [2.75, 3.05) is 6.54 Å². The summed E-state index contributed by atoms with van der Waals surface area (Å²) in [6.45, 7) is 2.34. The van der Waals surface area contributed by atoms with Gasteiger partial charge in [0.15, 0.2) is 0 Å². The molecule has 0 saturated carbocycles. The van der Waals surface area contributed by atoms with Crippen molar-refractivity contribution in [3.8, 4) is 17.3 Å². The van der Waals surface area contributed by atoms with Crippen LogP contribution in [0, 0.1) is 0 Å². The molecule has 0 aliphatic rings. The first-order valence-corrected chi connectivity index (χ1v) is 5.35. The fourth-order valence-electron chi connectivity index (χ4n) is 1.39. The van der Waals surface area contributed by atoms with Gasteiger partial charge in [0, 0.05) is 6.54 Å². The highest BCUT2D eigenvalue weighted by Gasteiger charge is 2.07. The maximum atomic E-state index is 11.2. The molecule has 1 amide bonds. The first kappa shape index (κ1) is 11.2. The van der Waals surface area contributed by atoms with Gasteiger partial charge in [-0.2, -0.15) is 0 Å². The molecular weight excluding hydrogens is 218 g/mol. The summed E-state index contributed by atoms with van der Waals surface area (Å²) < 4.78 is 4.94. The topological polar surface area (TPSA) is 67.0 Å². The number of rotatable bonds is 3. The zero-order chi connectivity index (χ0) is 12.1. The molecule has 88 valence electrons. The third kappa shape index (κ3) is 2.84. The van der Waals surface area contributed by atoms with E-state index in [1.807, 2.05) is 37.3 Å². The number of imidazole rings is 1. The molecule has 5 nitrogen and oxygen atoms in total. The van der Waals surface area contributed by atoms with Crippen molar-refractivity contribution in [1.29, 1.82) is 0 Å². The van der Waals surface area contributed by atoms with Crippen molar-refractivity contribution < 1.29 is 9.53 Å². The van der Waals surface area contributed by atoms with Crippen LogP contribution in [0.5, 0.6) is 6.01 Å². The second-order valence-corrected chi connectivity index (χ2v) is 3.39. The van der Waals surface area contributed by atoms with E-state index >= 15 is 0 Å². The van der Waals surface area contributed by atoms with Crippen LogP contribution in [0.4, 0.5) is 4.79 Å². The first-order valence-electron chi connectivity index (χ1n) is 5.35. The number of carbonyl (C=O) groups is 1. The number of amides is 1. The molecule has 2 aromatic rings. The number of aromatic nitrogens is 2. The minimum Gasteiger partial charge on any atom is -0.375 e. The normalized spacial score (nSPS) is 9.94. The Morgan fingerprint density at radius 1 is 1.41 bits per heavy atom. The summed E-state index contributed by atoms with van der Waals surface area (Å²) in [6.07, 6.45) is 1.12. The molecule has 0 aliphatic heterocycles. The van der Waals surface area contributed by atoms with Gasteiger partial charge in [-0.05, 0) is 12.5 Å². The Hall–Kier alpha value is -2.30. The molecule has 2 rings (SSSR count). The SMILES string of the molecule is CCNC(=O)Oc1ncc(-c2ccccc2)[nH]1. The molecule has 0 bridgehead atoms. The molecular formula is C12H13N3O2. The molecule has 0 unspecified atom stereocenters. The van der Waals surface area contributed by atoms with Crippen LogP contribution in [0.1, 0.15) is 6.92 Å². The van der Waals surface area contributed by atoms with E-state index in [9.17, 15) is 4.79 Å². The van der Waals surface area contributed by atoms with Crippen LogP contribution in [0.15, 0.2) is 36.5 Å². The summed E-state index contributed by atoms with van der Waals surface area (Å²) >= 11 is 0. The molecule has 0 atom stereocenters. The van der Waals surface area contributed by atoms with Crippen LogP contribution in [0.3, 0.4) is 0 Å². The smallest absolute Gasteiger partial charge is 0.375 e. The zero-order valence-electron chi connectivity index (χ0n) is 9.43. The molecule has 0 saturated heterocycles. The fourth-order valence-corrected chi connectivity index (χ4v) is 1.39. The third-order valence-electron chi connectivity index (χ3n) is 2.15. The standard InChI is InChI=1S/C12H13N3O2/c1-2-13-12(16)17-11-14-8-10(15-11)9-6-4-3-5-7-9/h3-8H,2H2,1H3,(H,13,16)(H,14,15). The monoisotopic (exact) mass is 231 g/mol. The molecule has 17 heavy (non-hydrogen) atoms. The van der Waals surface area contributed by atoms with Crippen LogP contribution in [0.2, 0.25) is 0 Å². The van der Waals surface area contributed by atoms with Crippen LogP contribution in [-0.4, -0.2) is 22.6 Å². The van der Waals surface area contributed by atoms with E-state index in [0.717, 1.165) is 11.3 Å². The minimum absolute atomic E-state index is 0.190. The Bertz CT molecular complexity index is 493. The summed E-state index contributed by atoms with van der Waals surface area (Å²) in [7, 11) is 0. The predicted molar refractivity (Wildman–Crippen MR) is 63.7 cm³/mol. The Morgan fingerprint density at radius 3 is 2.88 bits per heavy atom. The van der Waals surface area contributed by atoms with Gasteiger partial charge in [0.05, 0.1) is 11.9 Å². The number of nitrogens with zero attached hydrogens (tertiary/aromatic N) is 1. The lowest BCUT2D eigenvalue weighted by atomic mass is 10.2. The Morgan fingerprint density at radius 2 is 2.18 bits per heavy atom. The Kier molecular flexibility index (Phi) is 3.40. The number of H-pyrrole nitrogens is 1. The Balaban J connectivity index is 2.09. The van der Waals surface area contributed by atoms with E-state index in [1.165, 1.54) is 0 Å². The lowest BCUT2D eigenvalue weighted by molar-refractivity contribution is 0.197. The number of hydrogen-bond acceptors (Lipinski definition) is 3. The number of nitrogens with one attached hydrogen (secondary N) is 2. The van der Waals surface area contributed by atoms with Crippen LogP contribution < -0.4 is 10.1 Å². The van der Waals surface area contributed by atoms with Gasteiger partial charge in [-0.3, -0.25) is 0 Å². The zero-order valence-corrected chi connectivity index (χ0v) is 9.43. The van der Waals surface area contributed by atoms with Gasteiger partial charge in [-0.15, -0.1) is 0 Å². The highest BCUT2D eigenvalue weighted by molar-refractivity contribution is 5.69. The molecule has 2 N–H and O–H groups in total. The van der Waals surface area contributed by atoms with E-state index < -0.39 is 6.09 Å². The number of carbonyl (C=O) groups excluding carboxylic acids is 1. The van der Waals surface area contributed by atoms with Gasteiger partial charge in [-0.25, -0.2) is 9.78 Å². The summed E-state index contributed by atoms with van der Waals surface area (Å²) in [4.78, 5) is 18.1. The predicted octanol–water partition coefficient (Wildman–Crippen LogP) is 2.19. The quantitative estimate of drug-likeness (QED) is 0.850.